The summed E-state index contributed by atoms with van der Waals surface area (Å²) in [4.78, 5) is 37.5. The van der Waals surface area contributed by atoms with E-state index in [1.54, 1.807) is 0 Å². The maximum absolute atomic E-state index is 12.7. The summed E-state index contributed by atoms with van der Waals surface area (Å²) in [7, 11) is 0. The number of rotatable bonds is 4. The molecule has 2 N–H and O–H groups in total. The van der Waals surface area contributed by atoms with E-state index in [4.69, 9.17) is 0 Å². The van der Waals surface area contributed by atoms with Gasteiger partial charge in [0.05, 0.1) is 17.4 Å². The van der Waals surface area contributed by atoms with Crippen molar-refractivity contribution in [2.45, 2.75) is 51.9 Å². The molecule has 2 aliphatic rings. The summed E-state index contributed by atoms with van der Waals surface area (Å²) in [5.74, 6) is -2.57. The van der Waals surface area contributed by atoms with Crippen LogP contribution in [0.15, 0.2) is 12.2 Å². The van der Waals surface area contributed by atoms with E-state index in [-0.39, 0.29) is 11.7 Å². The van der Waals surface area contributed by atoms with Gasteiger partial charge in [-0.25, -0.2) is 0 Å². The van der Waals surface area contributed by atoms with Gasteiger partial charge in [0.2, 0.25) is 5.91 Å². The molecule has 3 rings (SSSR count). The molecule has 0 radical (unpaired) electrons. The summed E-state index contributed by atoms with van der Waals surface area (Å²) in [5.41, 5.74) is 1.72. The zero-order chi connectivity index (χ0) is 18.0. The van der Waals surface area contributed by atoms with Crippen LogP contribution in [0.4, 0.5) is 5.00 Å². The van der Waals surface area contributed by atoms with E-state index < -0.39 is 17.8 Å². The molecular formula is C19H23NO4S. The molecule has 0 saturated heterocycles. The van der Waals surface area contributed by atoms with Gasteiger partial charge in [0.1, 0.15) is 5.00 Å². The van der Waals surface area contributed by atoms with Crippen molar-refractivity contribution in [2.75, 3.05) is 5.32 Å². The second-order valence-electron chi connectivity index (χ2n) is 6.81. The number of fused-ring (bicyclic) bond motifs is 1. The highest BCUT2D eigenvalue weighted by Gasteiger charge is 2.35. The van der Waals surface area contributed by atoms with Crippen molar-refractivity contribution in [2.24, 2.45) is 11.8 Å². The van der Waals surface area contributed by atoms with Gasteiger partial charge < -0.3 is 10.4 Å². The van der Waals surface area contributed by atoms with Gasteiger partial charge in [0.25, 0.3) is 0 Å². The Labute approximate surface area is 151 Å². The molecular weight excluding hydrogens is 338 g/mol. The first-order valence-electron chi connectivity index (χ1n) is 8.83. The number of nitrogens with one attached hydrogen (secondary N) is 1. The molecule has 0 saturated carbocycles. The van der Waals surface area contributed by atoms with Crippen molar-refractivity contribution in [3.8, 4) is 0 Å². The first-order valence-corrected chi connectivity index (χ1v) is 9.64. The summed E-state index contributed by atoms with van der Waals surface area (Å²) in [6.45, 7) is 1.53. The van der Waals surface area contributed by atoms with Crippen LogP contribution < -0.4 is 5.32 Å². The van der Waals surface area contributed by atoms with Crippen LogP contribution >= 0.6 is 11.3 Å². The molecule has 0 aromatic carbocycles. The van der Waals surface area contributed by atoms with E-state index in [1.807, 2.05) is 12.2 Å². The Morgan fingerprint density at radius 1 is 1.08 bits per heavy atom. The normalized spacial score (nSPS) is 22.8. The fourth-order valence-corrected chi connectivity index (χ4v) is 5.13. The Bertz CT molecular complexity index is 734. The van der Waals surface area contributed by atoms with Crippen LogP contribution in [-0.4, -0.2) is 22.8 Å². The third-order valence-corrected chi connectivity index (χ3v) is 6.30. The van der Waals surface area contributed by atoms with Gasteiger partial charge in [-0.2, -0.15) is 0 Å². The number of carbonyl (C=O) groups excluding carboxylic acids is 2. The van der Waals surface area contributed by atoms with Crippen LogP contribution in [-0.2, 0) is 22.4 Å². The molecule has 25 heavy (non-hydrogen) atoms. The molecule has 5 nitrogen and oxygen atoms in total. The minimum atomic E-state index is -0.946. The molecule has 0 aliphatic heterocycles. The molecule has 0 fully saturated rings. The van der Waals surface area contributed by atoms with E-state index in [1.165, 1.54) is 23.1 Å². The number of ketones is 1. The number of amides is 1. The highest BCUT2D eigenvalue weighted by Crippen LogP contribution is 2.38. The molecule has 0 spiro atoms. The molecule has 134 valence electrons. The van der Waals surface area contributed by atoms with Crippen molar-refractivity contribution in [1.82, 2.24) is 0 Å². The summed E-state index contributed by atoms with van der Waals surface area (Å²) in [6, 6.07) is 0. The molecule has 6 heteroatoms. The van der Waals surface area contributed by atoms with Crippen molar-refractivity contribution in [3.63, 3.8) is 0 Å². The lowest BCUT2D eigenvalue weighted by Gasteiger charge is -2.24. The lowest BCUT2D eigenvalue weighted by molar-refractivity contribution is -0.146. The summed E-state index contributed by atoms with van der Waals surface area (Å²) in [6.07, 6.45) is 9.61. The topological polar surface area (TPSA) is 83.5 Å². The Morgan fingerprint density at radius 3 is 2.44 bits per heavy atom. The molecule has 2 atom stereocenters. The van der Waals surface area contributed by atoms with E-state index in [0.29, 0.717) is 23.4 Å². The van der Waals surface area contributed by atoms with Crippen LogP contribution in [0.1, 0.15) is 59.8 Å². The van der Waals surface area contributed by atoms with E-state index >= 15 is 0 Å². The molecule has 1 aromatic heterocycles. The van der Waals surface area contributed by atoms with Crippen LogP contribution in [0.5, 0.6) is 0 Å². The Balaban J connectivity index is 1.87. The zero-order valence-corrected chi connectivity index (χ0v) is 15.2. The second-order valence-corrected chi connectivity index (χ2v) is 7.91. The predicted molar refractivity (Wildman–Crippen MR) is 97.2 cm³/mol. The average molecular weight is 361 g/mol. The van der Waals surface area contributed by atoms with Gasteiger partial charge in [0, 0.05) is 4.88 Å². The van der Waals surface area contributed by atoms with Crippen molar-refractivity contribution in [1.29, 1.82) is 0 Å². The standard InChI is InChI=1S/C19H23NO4S/c1-11(21)16-14-9-3-2-4-10-15(14)25-18(16)20-17(22)12-7-5-6-8-13(12)19(23)24/h5-6,12-13H,2-4,7-10H2,1H3,(H,20,22)(H,23,24)/t12-,13+/m0/s1. The van der Waals surface area contributed by atoms with Crippen LogP contribution in [0.2, 0.25) is 0 Å². The zero-order valence-electron chi connectivity index (χ0n) is 14.3. The molecule has 1 heterocycles. The largest absolute Gasteiger partial charge is 0.481 e. The fourth-order valence-electron chi connectivity index (χ4n) is 3.78. The summed E-state index contributed by atoms with van der Waals surface area (Å²) >= 11 is 1.49. The lowest BCUT2D eigenvalue weighted by atomic mass is 9.82. The maximum atomic E-state index is 12.7. The Hall–Kier alpha value is -1.95. The monoisotopic (exact) mass is 361 g/mol. The second kappa shape index (κ2) is 7.52. The maximum Gasteiger partial charge on any atom is 0.307 e. The number of anilines is 1. The third kappa shape index (κ3) is 3.68. The number of carboxylic acid groups (broad SMARTS) is 1. The van der Waals surface area contributed by atoms with Crippen LogP contribution in [0.3, 0.4) is 0 Å². The lowest BCUT2D eigenvalue weighted by Crippen LogP contribution is -2.34. The number of hydrogen-bond donors (Lipinski definition) is 2. The fraction of sp³-hybridized carbons (Fsp3) is 0.526. The molecule has 0 unspecified atom stereocenters. The van der Waals surface area contributed by atoms with Crippen molar-refractivity contribution >= 4 is 34.0 Å². The number of hydrogen-bond acceptors (Lipinski definition) is 4. The first-order chi connectivity index (χ1) is 12.0. The number of carbonyl (C=O) groups is 3. The highest BCUT2D eigenvalue weighted by molar-refractivity contribution is 7.17. The van der Waals surface area contributed by atoms with Crippen molar-refractivity contribution < 1.29 is 19.5 Å². The number of aryl methyl sites for hydroxylation is 1. The van der Waals surface area contributed by atoms with Gasteiger partial charge in [-0.3, -0.25) is 14.4 Å². The van der Waals surface area contributed by atoms with Crippen LogP contribution in [0.25, 0.3) is 0 Å². The quantitative estimate of drug-likeness (QED) is 0.485. The minimum absolute atomic E-state index is 0.0342. The van der Waals surface area contributed by atoms with E-state index in [2.05, 4.69) is 5.32 Å². The first kappa shape index (κ1) is 17.9. The number of Topliss-reactive ketones (excluding diaryl/α,β-unsaturated/α-hetero) is 1. The number of allylic oxidation sites excluding steroid dienone is 2. The van der Waals surface area contributed by atoms with Gasteiger partial charge >= 0.3 is 5.97 Å². The Kier molecular flexibility index (Phi) is 5.37. The smallest absolute Gasteiger partial charge is 0.307 e. The Morgan fingerprint density at radius 2 is 1.76 bits per heavy atom. The van der Waals surface area contributed by atoms with Gasteiger partial charge in [0.15, 0.2) is 5.78 Å². The number of thiophene rings is 1. The molecule has 2 aliphatic carbocycles. The summed E-state index contributed by atoms with van der Waals surface area (Å²) in [5, 5.41) is 12.9. The molecule has 1 amide bonds. The van der Waals surface area contributed by atoms with E-state index in [0.717, 1.165) is 37.7 Å². The SMILES string of the molecule is CC(=O)c1c(NC(=O)[C@H]2CC=CC[C@H]2C(=O)O)sc2c1CCCCC2. The van der Waals surface area contributed by atoms with Crippen molar-refractivity contribution in [3.05, 3.63) is 28.2 Å². The highest BCUT2D eigenvalue weighted by atomic mass is 32.1. The summed E-state index contributed by atoms with van der Waals surface area (Å²) < 4.78 is 0. The molecule has 0 bridgehead atoms. The minimum Gasteiger partial charge on any atom is -0.481 e. The number of aliphatic carboxylic acids is 1. The van der Waals surface area contributed by atoms with Gasteiger partial charge in [-0.05, 0) is 51.0 Å². The van der Waals surface area contributed by atoms with Gasteiger partial charge in [-0.1, -0.05) is 18.6 Å². The predicted octanol–water partition coefficient (Wildman–Crippen LogP) is 3.83. The van der Waals surface area contributed by atoms with E-state index in [9.17, 15) is 19.5 Å². The van der Waals surface area contributed by atoms with Gasteiger partial charge in [-0.15, -0.1) is 11.3 Å². The average Bonchev–Trinajstić information content (AvgIpc) is 2.76. The number of carboxylic acids is 1. The van der Waals surface area contributed by atoms with Crippen LogP contribution in [0, 0.1) is 11.8 Å². The molecule has 1 aromatic rings. The third-order valence-electron chi connectivity index (χ3n) is 5.10.